The zero-order valence-electron chi connectivity index (χ0n) is 34.0. The largest absolute Gasteiger partial charge is 0.310 e. The van der Waals surface area contributed by atoms with Gasteiger partial charge in [0.25, 0.3) is 0 Å². The van der Waals surface area contributed by atoms with Gasteiger partial charge in [0.05, 0.1) is 0 Å². The summed E-state index contributed by atoms with van der Waals surface area (Å²) in [7, 11) is 0. The van der Waals surface area contributed by atoms with Crippen LogP contribution in [0.1, 0.15) is 25.3 Å². The van der Waals surface area contributed by atoms with Gasteiger partial charge in [0.1, 0.15) is 0 Å². The van der Waals surface area contributed by atoms with Crippen LogP contribution in [0.2, 0.25) is 0 Å². The molecule has 0 aliphatic carbocycles. The van der Waals surface area contributed by atoms with E-state index in [0.29, 0.717) is 0 Å². The average Bonchev–Trinajstić information content (AvgIpc) is 3.31. The molecule has 0 saturated carbocycles. The van der Waals surface area contributed by atoms with Gasteiger partial charge < -0.3 is 4.90 Å². The Labute approximate surface area is 352 Å². The van der Waals surface area contributed by atoms with E-state index in [1.807, 2.05) is 0 Å². The summed E-state index contributed by atoms with van der Waals surface area (Å²) in [5.41, 5.74) is 11.9. The predicted octanol–water partition coefficient (Wildman–Crippen LogP) is 17.0. The minimum Gasteiger partial charge on any atom is -0.310 e. The Kier molecular flexibility index (Phi) is 9.85. The van der Waals surface area contributed by atoms with Gasteiger partial charge in [0.2, 0.25) is 0 Å². The van der Waals surface area contributed by atoms with Crippen molar-refractivity contribution in [2.24, 2.45) is 0 Å². The zero-order chi connectivity index (χ0) is 40.4. The molecule has 0 aliphatic rings. The molecule has 0 bridgehead atoms. The fraction of sp³-hybridized carbons (Fsp3) is 0.0508. The highest BCUT2D eigenvalue weighted by Gasteiger charge is 2.18. The average molecular weight is 768 g/mol. The van der Waals surface area contributed by atoms with E-state index in [1.165, 1.54) is 82.0 Å². The second kappa shape index (κ2) is 16.0. The Hall–Kier alpha value is -7.48. The quantitative estimate of drug-likeness (QED) is 0.104. The van der Waals surface area contributed by atoms with Crippen LogP contribution in [-0.2, 0) is 0 Å². The summed E-state index contributed by atoms with van der Waals surface area (Å²) in [4.78, 5) is 2.41. The van der Waals surface area contributed by atoms with Crippen molar-refractivity contribution in [3.8, 4) is 33.4 Å². The molecule has 1 atom stereocenters. The van der Waals surface area contributed by atoms with E-state index < -0.39 is 0 Å². The number of allylic oxidation sites excluding steroid dienone is 4. The van der Waals surface area contributed by atoms with Crippen molar-refractivity contribution in [2.75, 3.05) is 4.90 Å². The number of anilines is 3. The summed E-state index contributed by atoms with van der Waals surface area (Å²) < 4.78 is 0. The first-order valence-electron chi connectivity index (χ1n) is 21.0. The van der Waals surface area contributed by atoms with Gasteiger partial charge in [0.15, 0.2) is 0 Å². The third-order valence-electron chi connectivity index (χ3n) is 12.0. The normalized spacial score (nSPS) is 12.3. The van der Waals surface area contributed by atoms with Crippen molar-refractivity contribution in [1.82, 2.24) is 0 Å². The van der Waals surface area contributed by atoms with Gasteiger partial charge in [-0.2, -0.15) is 0 Å². The molecule has 0 heterocycles. The minimum atomic E-state index is 0.253. The Morgan fingerprint density at radius 1 is 0.367 bits per heavy atom. The van der Waals surface area contributed by atoms with Crippen molar-refractivity contribution >= 4 is 60.2 Å². The molecule has 10 aromatic carbocycles. The number of fused-ring (bicyclic) bond motifs is 6. The minimum absolute atomic E-state index is 0.253. The van der Waals surface area contributed by atoms with E-state index >= 15 is 0 Å². The maximum absolute atomic E-state index is 2.41. The predicted molar refractivity (Wildman–Crippen MR) is 260 cm³/mol. The zero-order valence-corrected chi connectivity index (χ0v) is 34.0. The summed E-state index contributed by atoms with van der Waals surface area (Å²) in [6.07, 6.45) is 8.57. The number of benzene rings is 10. The molecular formula is C59H45N. The van der Waals surface area contributed by atoms with Crippen LogP contribution in [0.5, 0.6) is 0 Å². The first-order valence-corrected chi connectivity index (χ1v) is 21.0. The monoisotopic (exact) mass is 767 g/mol. The van der Waals surface area contributed by atoms with Crippen LogP contribution in [0, 0.1) is 0 Å². The molecule has 0 aliphatic heterocycles. The lowest BCUT2D eigenvalue weighted by Gasteiger charge is -2.27. The van der Waals surface area contributed by atoms with E-state index in [9.17, 15) is 0 Å². The maximum atomic E-state index is 2.41. The van der Waals surface area contributed by atoms with E-state index in [4.69, 9.17) is 0 Å². The summed E-state index contributed by atoms with van der Waals surface area (Å²) in [6, 6.07) is 75.8. The van der Waals surface area contributed by atoms with E-state index in [1.54, 1.807) is 0 Å². The smallest absolute Gasteiger partial charge is 0.0467 e. The van der Waals surface area contributed by atoms with Crippen molar-refractivity contribution in [1.29, 1.82) is 0 Å². The fourth-order valence-corrected chi connectivity index (χ4v) is 8.99. The van der Waals surface area contributed by atoms with E-state index in [2.05, 4.69) is 249 Å². The van der Waals surface area contributed by atoms with Gasteiger partial charge in [-0.1, -0.05) is 189 Å². The number of nitrogens with zero attached hydrogens (tertiary/aromatic N) is 1. The molecule has 10 aromatic rings. The van der Waals surface area contributed by atoms with Crippen LogP contribution in [0.4, 0.5) is 17.1 Å². The second-order valence-electron chi connectivity index (χ2n) is 15.7. The summed E-state index contributed by atoms with van der Waals surface area (Å²) in [5.74, 6) is 0.253. The summed E-state index contributed by atoms with van der Waals surface area (Å²) >= 11 is 0. The number of rotatable bonds is 9. The molecule has 1 unspecified atom stereocenters. The molecule has 0 saturated heterocycles. The highest BCUT2D eigenvalue weighted by Crippen LogP contribution is 2.43. The molecule has 1 nitrogen and oxygen atoms in total. The van der Waals surface area contributed by atoms with Gasteiger partial charge in [-0.25, -0.2) is 0 Å². The van der Waals surface area contributed by atoms with Crippen LogP contribution in [0.3, 0.4) is 0 Å². The highest BCUT2D eigenvalue weighted by molar-refractivity contribution is 6.15. The lowest BCUT2D eigenvalue weighted by Crippen LogP contribution is -2.10. The van der Waals surface area contributed by atoms with Crippen LogP contribution in [0.25, 0.3) is 76.5 Å². The van der Waals surface area contributed by atoms with Gasteiger partial charge in [0, 0.05) is 17.1 Å². The molecular weight excluding hydrogens is 723 g/mol. The Morgan fingerprint density at radius 3 is 1.57 bits per heavy atom. The first-order chi connectivity index (χ1) is 29.6. The molecule has 0 spiro atoms. The Morgan fingerprint density at radius 2 is 0.900 bits per heavy atom. The Balaban J connectivity index is 1.10. The Bertz CT molecular complexity index is 3240. The number of hydrogen-bond donors (Lipinski definition) is 0. The third-order valence-corrected chi connectivity index (χ3v) is 12.0. The van der Waals surface area contributed by atoms with Gasteiger partial charge in [-0.15, -0.1) is 0 Å². The number of hydrogen-bond acceptors (Lipinski definition) is 1. The molecule has 60 heavy (non-hydrogen) atoms. The third kappa shape index (κ3) is 6.85. The second-order valence-corrected chi connectivity index (χ2v) is 15.7. The van der Waals surface area contributed by atoms with Crippen LogP contribution < -0.4 is 4.90 Å². The lowest BCUT2D eigenvalue weighted by atomic mass is 9.89. The van der Waals surface area contributed by atoms with E-state index in [-0.39, 0.29) is 5.92 Å². The molecule has 0 amide bonds. The van der Waals surface area contributed by atoms with Crippen molar-refractivity contribution in [2.45, 2.75) is 19.8 Å². The summed E-state index contributed by atoms with van der Waals surface area (Å²) in [5, 5.41) is 10.1. The van der Waals surface area contributed by atoms with Gasteiger partial charge in [-0.3, -0.25) is 0 Å². The molecule has 286 valence electrons. The molecule has 1 heteroatoms. The molecule has 10 rings (SSSR count). The van der Waals surface area contributed by atoms with Crippen molar-refractivity contribution < 1.29 is 0 Å². The van der Waals surface area contributed by atoms with Crippen LogP contribution in [0.15, 0.2) is 231 Å². The van der Waals surface area contributed by atoms with Crippen LogP contribution in [-0.4, -0.2) is 0 Å². The van der Waals surface area contributed by atoms with Gasteiger partial charge >= 0.3 is 0 Å². The highest BCUT2D eigenvalue weighted by atomic mass is 15.1. The molecule has 0 radical (unpaired) electrons. The van der Waals surface area contributed by atoms with Crippen molar-refractivity contribution in [3.63, 3.8) is 0 Å². The SMILES string of the molecule is C/C=C\C=C/C(C)c1cccc(N(c2ccc(-c3ccccc3-c3cc4ccccc4c4ccccc34)cc2)c2cccc(-c3cc4ccccc4c4ccccc34)c2)c1. The topological polar surface area (TPSA) is 3.24 Å². The summed E-state index contributed by atoms with van der Waals surface area (Å²) in [6.45, 7) is 4.32. The molecule has 0 fully saturated rings. The molecule has 0 aromatic heterocycles. The van der Waals surface area contributed by atoms with Crippen molar-refractivity contribution in [3.05, 3.63) is 236 Å². The first kappa shape index (κ1) is 36.8. The van der Waals surface area contributed by atoms with Crippen LogP contribution >= 0.6 is 0 Å². The van der Waals surface area contributed by atoms with E-state index in [0.717, 1.165) is 17.1 Å². The fourth-order valence-electron chi connectivity index (χ4n) is 8.99. The maximum Gasteiger partial charge on any atom is 0.0467 e. The van der Waals surface area contributed by atoms with Gasteiger partial charge in [-0.05, 0) is 143 Å². The lowest BCUT2D eigenvalue weighted by molar-refractivity contribution is 0.966. The molecule has 0 N–H and O–H groups in total. The standard InChI is InChI=1S/C59H45N/c1-3-4-5-18-41(2)43-21-16-23-48(37-43)60(49-24-17-22-44(38-49)58-39-45-19-6-8-26-51(45)53-28-12-14-31-56(53)58)47-35-33-42(34-36-47)50-25-10-11-30-55(50)59-40-46-20-7-9-27-52(46)54-29-13-15-32-57(54)59/h3-41H,1-2H3/b4-3-,18-5-.